The lowest BCUT2D eigenvalue weighted by molar-refractivity contribution is 0.426. The van der Waals surface area contributed by atoms with Gasteiger partial charge in [0, 0.05) is 6.15 Å². The van der Waals surface area contributed by atoms with Crippen molar-refractivity contribution in [2.75, 3.05) is 0 Å². The Labute approximate surface area is 60.0 Å². The largest absolute Gasteiger partial charge is 0.488 e. The molecule has 0 unspecified atom stereocenters. The molecule has 2 N–H and O–H groups in total. The maximum atomic E-state index is 8.58. The molecular weight excluding hydrogens is 129 g/mol. The number of hydrogen-bond donors (Lipinski definition) is 2. The van der Waals surface area contributed by atoms with Crippen LogP contribution in [-0.2, 0) is 0 Å². The monoisotopic (exact) mass is 136 g/mol. The average Bonchev–Trinajstić information content (AvgIpc) is 1.90. The molecule has 51 valence electrons. The summed E-state index contributed by atoms with van der Waals surface area (Å²) in [4.78, 5) is 0. The van der Waals surface area contributed by atoms with Crippen LogP contribution in [0.2, 0.25) is 0 Å². The first kappa shape index (κ1) is 9.16. The van der Waals surface area contributed by atoms with E-state index in [1.54, 1.807) is 24.3 Å². The Morgan fingerprint density at radius 1 is 1.00 bits per heavy atom. The van der Waals surface area contributed by atoms with Crippen LogP contribution in [0.3, 0.4) is 0 Å². The van der Waals surface area contributed by atoms with E-state index in [1.165, 1.54) is 0 Å². The zero-order valence-corrected chi connectivity index (χ0v) is 5.31. The molecular formula is C6H7BNO2. The predicted molar refractivity (Wildman–Crippen MR) is 38.4 cm³/mol. The molecule has 1 aromatic rings. The summed E-state index contributed by atoms with van der Waals surface area (Å²) >= 11 is 0. The molecule has 1 aromatic carbocycles. The quantitative estimate of drug-likeness (QED) is 0.480. The van der Waals surface area contributed by atoms with Gasteiger partial charge in [0.05, 0.1) is 0 Å². The Kier molecular flexibility index (Phi) is 3.72. The van der Waals surface area contributed by atoms with Crippen LogP contribution >= 0.6 is 0 Å². The van der Waals surface area contributed by atoms with Crippen molar-refractivity contribution in [3.8, 4) is 0 Å². The fourth-order valence-corrected chi connectivity index (χ4v) is 0.625. The minimum Gasteiger partial charge on any atom is -0.423 e. The molecule has 0 aliphatic carbocycles. The van der Waals surface area contributed by atoms with Crippen molar-refractivity contribution in [2.45, 2.75) is 0 Å². The zero-order chi connectivity index (χ0) is 6.69. The molecule has 0 amide bonds. The van der Waals surface area contributed by atoms with Crippen molar-refractivity contribution in [3.63, 3.8) is 0 Å². The molecule has 10 heavy (non-hydrogen) atoms. The van der Waals surface area contributed by atoms with Gasteiger partial charge in [-0.2, -0.15) is 0 Å². The molecule has 0 saturated carbocycles. The lowest BCUT2D eigenvalue weighted by Crippen LogP contribution is -2.29. The second kappa shape index (κ2) is 4.06. The van der Waals surface area contributed by atoms with Crippen LogP contribution in [0.25, 0.3) is 0 Å². The van der Waals surface area contributed by atoms with Crippen LogP contribution in [0.4, 0.5) is 0 Å². The second-order valence-corrected chi connectivity index (χ2v) is 1.78. The van der Waals surface area contributed by atoms with Crippen LogP contribution in [0.5, 0.6) is 0 Å². The fourth-order valence-electron chi connectivity index (χ4n) is 0.625. The average molecular weight is 136 g/mol. The van der Waals surface area contributed by atoms with E-state index in [-0.39, 0.29) is 6.15 Å². The van der Waals surface area contributed by atoms with Crippen LogP contribution in [0, 0.1) is 0 Å². The summed E-state index contributed by atoms with van der Waals surface area (Å²) in [6, 6.07) is 8.66. The van der Waals surface area contributed by atoms with E-state index in [2.05, 4.69) is 0 Å². The highest BCUT2D eigenvalue weighted by atomic mass is 16.4. The maximum absolute atomic E-state index is 8.58. The van der Waals surface area contributed by atoms with Gasteiger partial charge < -0.3 is 10.0 Å². The van der Waals surface area contributed by atoms with Gasteiger partial charge in [0.2, 0.25) is 0 Å². The Morgan fingerprint density at radius 3 is 1.80 bits per heavy atom. The lowest BCUT2D eigenvalue weighted by atomic mass is 9.81. The Bertz CT molecular complexity index is 178. The van der Waals surface area contributed by atoms with Crippen LogP contribution in [-0.4, -0.2) is 17.2 Å². The first-order chi connectivity index (χ1) is 4.30. The van der Waals surface area contributed by atoms with Crippen LogP contribution in [0.15, 0.2) is 30.3 Å². The number of benzene rings is 1. The van der Waals surface area contributed by atoms with Gasteiger partial charge in [-0.1, -0.05) is 30.3 Å². The molecule has 0 heterocycles. The first-order valence-corrected chi connectivity index (χ1v) is 2.72. The highest BCUT2D eigenvalue weighted by Gasteiger charge is 2.07. The highest BCUT2D eigenvalue weighted by Crippen LogP contribution is 1.82. The number of nitrogens with zero attached hydrogens (tertiary/aromatic N) is 1. The smallest absolute Gasteiger partial charge is 0.423 e. The molecule has 0 saturated heterocycles. The van der Waals surface area contributed by atoms with E-state index in [1.807, 2.05) is 6.07 Å². The molecule has 1 rings (SSSR count). The molecule has 0 fully saturated rings. The standard InChI is InChI=1S/C6H7BO2.N/c8-7(9)6-4-2-1-3-5-6;/h1-5,8-9H;. The van der Waals surface area contributed by atoms with E-state index in [0.29, 0.717) is 5.46 Å². The summed E-state index contributed by atoms with van der Waals surface area (Å²) in [5.74, 6) is 0. The topological polar surface area (TPSA) is 71.0 Å². The summed E-state index contributed by atoms with van der Waals surface area (Å²) in [6.07, 6.45) is 0. The molecule has 0 aromatic heterocycles. The molecule has 4 heteroatoms. The Morgan fingerprint density at radius 2 is 1.50 bits per heavy atom. The van der Waals surface area contributed by atoms with Crippen LogP contribution in [0.1, 0.15) is 0 Å². The highest BCUT2D eigenvalue weighted by molar-refractivity contribution is 6.58. The van der Waals surface area contributed by atoms with E-state index in [0.717, 1.165) is 0 Å². The van der Waals surface area contributed by atoms with Crippen molar-refractivity contribution in [1.82, 2.24) is 6.15 Å². The third kappa shape index (κ3) is 2.18. The van der Waals surface area contributed by atoms with Gasteiger partial charge in [-0.25, -0.2) is 0 Å². The zero-order valence-electron chi connectivity index (χ0n) is 5.31. The van der Waals surface area contributed by atoms with Crippen molar-refractivity contribution in [2.24, 2.45) is 0 Å². The van der Waals surface area contributed by atoms with E-state index in [9.17, 15) is 0 Å². The maximum Gasteiger partial charge on any atom is 0.488 e. The van der Waals surface area contributed by atoms with Crippen molar-refractivity contribution in [3.05, 3.63) is 30.3 Å². The summed E-state index contributed by atoms with van der Waals surface area (Å²) in [7, 11) is -1.34. The molecule has 0 spiro atoms. The van der Waals surface area contributed by atoms with Crippen LogP contribution < -0.4 is 11.6 Å². The number of rotatable bonds is 1. The third-order valence-corrected chi connectivity index (χ3v) is 1.10. The summed E-state index contributed by atoms with van der Waals surface area (Å²) in [5, 5.41) is 17.2. The molecule has 0 bridgehead atoms. The van der Waals surface area contributed by atoms with Gasteiger partial charge in [0.25, 0.3) is 0 Å². The van der Waals surface area contributed by atoms with Crippen molar-refractivity contribution >= 4 is 12.6 Å². The molecule has 3 radical (unpaired) electrons. The fraction of sp³-hybridized carbons (Fsp3) is 0. The molecule has 0 aliphatic rings. The van der Waals surface area contributed by atoms with Gasteiger partial charge in [-0.05, 0) is 5.46 Å². The van der Waals surface area contributed by atoms with Gasteiger partial charge in [-0.3, -0.25) is 0 Å². The lowest BCUT2D eigenvalue weighted by Gasteiger charge is -1.94. The third-order valence-electron chi connectivity index (χ3n) is 1.10. The first-order valence-electron chi connectivity index (χ1n) is 2.72. The molecule has 0 atom stereocenters. The summed E-state index contributed by atoms with van der Waals surface area (Å²) < 4.78 is 0. The minimum atomic E-state index is -1.34. The van der Waals surface area contributed by atoms with Gasteiger partial charge >= 0.3 is 7.12 Å². The van der Waals surface area contributed by atoms with E-state index in [4.69, 9.17) is 10.0 Å². The minimum absolute atomic E-state index is 0. The predicted octanol–water partition coefficient (Wildman–Crippen LogP) is -1.11. The number of hydrogen-bond acceptors (Lipinski definition) is 2. The van der Waals surface area contributed by atoms with E-state index >= 15 is 0 Å². The van der Waals surface area contributed by atoms with Gasteiger partial charge in [0.15, 0.2) is 0 Å². The van der Waals surface area contributed by atoms with Gasteiger partial charge in [0.1, 0.15) is 0 Å². The van der Waals surface area contributed by atoms with Crippen molar-refractivity contribution < 1.29 is 10.0 Å². The Balaban J connectivity index is 0.000000810. The summed E-state index contributed by atoms with van der Waals surface area (Å²) in [6.45, 7) is 0. The van der Waals surface area contributed by atoms with Crippen molar-refractivity contribution in [1.29, 1.82) is 0 Å². The normalized spacial score (nSPS) is 8.20. The molecule has 3 nitrogen and oxygen atoms in total. The van der Waals surface area contributed by atoms with E-state index < -0.39 is 7.12 Å². The second-order valence-electron chi connectivity index (χ2n) is 1.78. The Hall–Kier alpha value is -0.835. The van der Waals surface area contributed by atoms with Gasteiger partial charge in [-0.15, -0.1) is 0 Å². The molecule has 0 aliphatic heterocycles. The SMILES string of the molecule is OB(O)c1ccccc1.[N]. The summed E-state index contributed by atoms with van der Waals surface area (Å²) in [5.41, 5.74) is 0.525.